The number of likely N-dealkylation sites (N-methyl/N-ethyl adjacent to an activating group) is 1. The van der Waals surface area contributed by atoms with E-state index in [4.69, 9.17) is 4.74 Å². The summed E-state index contributed by atoms with van der Waals surface area (Å²) in [7, 11) is 2.38. The van der Waals surface area contributed by atoms with Gasteiger partial charge in [-0.15, -0.1) is 0 Å². The molecule has 1 unspecified atom stereocenters. The Balaban J connectivity index is 2.76. The SMILES string of the molecule is COc1ccc(C(O)CN(C)S(=O)(=O)N(C)C)cc1. The van der Waals surface area contributed by atoms with Gasteiger partial charge in [0.2, 0.25) is 0 Å². The molecule has 19 heavy (non-hydrogen) atoms. The number of rotatable bonds is 6. The van der Waals surface area contributed by atoms with Crippen LogP contribution < -0.4 is 4.74 Å². The average Bonchev–Trinajstić information content (AvgIpc) is 2.38. The first-order valence-electron chi connectivity index (χ1n) is 5.75. The molecule has 0 saturated carbocycles. The highest BCUT2D eigenvalue weighted by atomic mass is 32.2. The zero-order chi connectivity index (χ0) is 14.6. The Morgan fingerprint density at radius 3 is 2.16 bits per heavy atom. The summed E-state index contributed by atoms with van der Waals surface area (Å²) in [5, 5.41) is 10.0. The number of aliphatic hydroxyl groups is 1. The molecule has 1 rings (SSSR count). The maximum atomic E-state index is 11.8. The summed E-state index contributed by atoms with van der Waals surface area (Å²) in [4.78, 5) is 0. The van der Waals surface area contributed by atoms with Crippen molar-refractivity contribution in [3.05, 3.63) is 29.8 Å². The first-order chi connectivity index (χ1) is 8.78. The van der Waals surface area contributed by atoms with Crippen molar-refractivity contribution in [1.82, 2.24) is 8.61 Å². The molecule has 0 spiro atoms. The van der Waals surface area contributed by atoms with Gasteiger partial charge < -0.3 is 9.84 Å². The topological polar surface area (TPSA) is 70.1 Å². The molecular formula is C12H20N2O4S. The van der Waals surface area contributed by atoms with Gasteiger partial charge in [0, 0.05) is 27.7 Å². The maximum Gasteiger partial charge on any atom is 0.281 e. The second kappa shape index (κ2) is 6.33. The lowest BCUT2D eigenvalue weighted by Crippen LogP contribution is -2.39. The van der Waals surface area contributed by atoms with Gasteiger partial charge in [0.15, 0.2) is 0 Å². The van der Waals surface area contributed by atoms with Gasteiger partial charge >= 0.3 is 0 Å². The zero-order valence-corrected chi connectivity index (χ0v) is 12.4. The first kappa shape index (κ1) is 15.9. The van der Waals surface area contributed by atoms with Crippen molar-refractivity contribution in [1.29, 1.82) is 0 Å². The molecule has 0 saturated heterocycles. The van der Waals surface area contributed by atoms with Gasteiger partial charge in [-0.25, -0.2) is 0 Å². The highest BCUT2D eigenvalue weighted by molar-refractivity contribution is 7.86. The van der Waals surface area contributed by atoms with Crippen LogP contribution in [0.1, 0.15) is 11.7 Å². The van der Waals surface area contributed by atoms with Crippen molar-refractivity contribution in [2.45, 2.75) is 6.10 Å². The Morgan fingerprint density at radius 2 is 1.74 bits per heavy atom. The lowest BCUT2D eigenvalue weighted by Gasteiger charge is -2.23. The largest absolute Gasteiger partial charge is 0.497 e. The molecule has 1 aromatic carbocycles. The van der Waals surface area contributed by atoms with Crippen molar-refractivity contribution in [3.8, 4) is 5.75 Å². The van der Waals surface area contributed by atoms with Crippen LogP contribution >= 0.6 is 0 Å². The van der Waals surface area contributed by atoms with Crippen LogP contribution in [0.3, 0.4) is 0 Å². The number of hydrogen-bond donors (Lipinski definition) is 1. The molecule has 7 heteroatoms. The fraction of sp³-hybridized carbons (Fsp3) is 0.500. The molecule has 0 heterocycles. The van der Waals surface area contributed by atoms with Crippen molar-refractivity contribution >= 4 is 10.2 Å². The molecule has 6 nitrogen and oxygen atoms in total. The standard InChI is InChI=1S/C12H20N2O4S/c1-13(2)19(16,17)14(3)9-12(15)10-5-7-11(18-4)8-6-10/h5-8,12,15H,9H2,1-4H3. The normalized spacial score (nSPS) is 13.8. The highest BCUT2D eigenvalue weighted by Gasteiger charge is 2.23. The fourth-order valence-corrected chi connectivity index (χ4v) is 2.44. The third kappa shape index (κ3) is 3.90. The van der Waals surface area contributed by atoms with Crippen LogP contribution in [0, 0.1) is 0 Å². The molecule has 0 bridgehead atoms. The predicted octanol–water partition coefficient (Wildman–Crippen LogP) is 0.467. The fourth-order valence-electron chi connectivity index (χ4n) is 1.55. The summed E-state index contributed by atoms with van der Waals surface area (Å²) in [5.41, 5.74) is 0.640. The summed E-state index contributed by atoms with van der Waals surface area (Å²) in [6.45, 7) is -0.00710. The van der Waals surface area contributed by atoms with Crippen LogP contribution in [0.4, 0.5) is 0 Å². The van der Waals surface area contributed by atoms with Gasteiger partial charge in [0.05, 0.1) is 13.2 Å². The van der Waals surface area contributed by atoms with E-state index >= 15 is 0 Å². The second-order valence-electron chi connectivity index (χ2n) is 4.36. The minimum Gasteiger partial charge on any atom is -0.497 e. The van der Waals surface area contributed by atoms with Crippen molar-refractivity contribution in [2.24, 2.45) is 0 Å². The second-order valence-corrected chi connectivity index (χ2v) is 6.61. The molecule has 0 aromatic heterocycles. The Hall–Kier alpha value is -1.15. The van der Waals surface area contributed by atoms with E-state index in [1.807, 2.05) is 0 Å². The van der Waals surface area contributed by atoms with Gasteiger partial charge in [-0.2, -0.15) is 17.0 Å². The average molecular weight is 288 g/mol. The Labute approximate surface area is 114 Å². The molecule has 0 amide bonds. The molecule has 0 fully saturated rings. The maximum absolute atomic E-state index is 11.8. The molecule has 0 radical (unpaired) electrons. The smallest absolute Gasteiger partial charge is 0.281 e. The summed E-state index contributed by atoms with van der Waals surface area (Å²) in [6.07, 6.45) is -0.884. The van der Waals surface area contributed by atoms with Gasteiger partial charge in [-0.05, 0) is 17.7 Å². The molecule has 0 aliphatic rings. The van der Waals surface area contributed by atoms with Crippen LogP contribution in [0.5, 0.6) is 5.75 Å². The quantitative estimate of drug-likeness (QED) is 0.826. The van der Waals surface area contributed by atoms with E-state index in [-0.39, 0.29) is 6.54 Å². The van der Waals surface area contributed by atoms with E-state index in [9.17, 15) is 13.5 Å². The number of benzene rings is 1. The summed E-state index contributed by atoms with van der Waals surface area (Å²) < 4.78 is 30.9. The van der Waals surface area contributed by atoms with E-state index in [1.54, 1.807) is 31.4 Å². The molecule has 0 aliphatic carbocycles. The molecule has 1 aromatic rings. The number of hydrogen-bond acceptors (Lipinski definition) is 4. The highest BCUT2D eigenvalue weighted by Crippen LogP contribution is 2.19. The molecular weight excluding hydrogens is 268 g/mol. The van der Waals surface area contributed by atoms with Gasteiger partial charge in [0.25, 0.3) is 10.2 Å². The minimum absolute atomic E-state index is 0.00710. The third-order valence-electron chi connectivity index (χ3n) is 2.79. The van der Waals surface area contributed by atoms with Crippen LogP contribution in [-0.2, 0) is 10.2 Å². The Kier molecular flexibility index (Phi) is 5.30. The van der Waals surface area contributed by atoms with Gasteiger partial charge in [-0.3, -0.25) is 0 Å². The van der Waals surface area contributed by atoms with Crippen molar-refractivity contribution in [2.75, 3.05) is 34.8 Å². The monoisotopic (exact) mass is 288 g/mol. The van der Waals surface area contributed by atoms with Crippen LogP contribution in [-0.4, -0.2) is 56.9 Å². The van der Waals surface area contributed by atoms with Crippen molar-refractivity contribution in [3.63, 3.8) is 0 Å². The molecule has 0 aliphatic heterocycles. The van der Waals surface area contributed by atoms with Gasteiger partial charge in [-0.1, -0.05) is 12.1 Å². The van der Waals surface area contributed by atoms with E-state index in [0.717, 1.165) is 8.61 Å². The number of aliphatic hydroxyl groups excluding tert-OH is 1. The summed E-state index contributed by atoms with van der Waals surface area (Å²) in [6, 6.07) is 6.86. The molecule has 1 atom stereocenters. The van der Waals surface area contributed by atoms with Gasteiger partial charge in [0.1, 0.15) is 5.75 Å². The number of methoxy groups -OCH3 is 1. The number of nitrogens with zero attached hydrogens (tertiary/aromatic N) is 2. The minimum atomic E-state index is -3.51. The Bertz CT molecular complexity index is 499. The van der Waals surface area contributed by atoms with E-state index in [1.165, 1.54) is 21.1 Å². The number of ether oxygens (including phenoxy) is 1. The van der Waals surface area contributed by atoms with Crippen LogP contribution in [0.15, 0.2) is 24.3 Å². The lowest BCUT2D eigenvalue weighted by atomic mass is 10.1. The van der Waals surface area contributed by atoms with Crippen LogP contribution in [0.25, 0.3) is 0 Å². The first-order valence-corrected chi connectivity index (χ1v) is 7.14. The predicted molar refractivity (Wildman–Crippen MR) is 73.2 cm³/mol. The summed E-state index contributed by atoms with van der Waals surface area (Å²) >= 11 is 0. The molecule has 1 N–H and O–H groups in total. The van der Waals surface area contributed by atoms with E-state index in [0.29, 0.717) is 11.3 Å². The van der Waals surface area contributed by atoms with E-state index < -0.39 is 16.3 Å². The van der Waals surface area contributed by atoms with E-state index in [2.05, 4.69) is 0 Å². The zero-order valence-electron chi connectivity index (χ0n) is 11.6. The lowest BCUT2D eigenvalue weighted by molar-refractivity contribution is 0.153. The Morgan fingerprint density at radius 1 is 1.21 bits per heavy atom. The molecule has 108 valence electrons. The van der Waals surface area contributed by atoms with Crippen molar-refractivity contribution < 1.29 is 18.3 Å². The summed E-state index contributed by atoms with van der Waals surface area (Å²) in [5.74, 6) is 0.685. The van der Waals surface area contributed by atoms with Crippen LogP contribution in [0.2, 0.25) is 0 Å². The third-order valence-corrected chi connectivity index (χ3v) is 4.65.